The van der Waals surface area contributed by atoms with E-state index in [0.29, 0.717) is 10.8 Å². The summed E-state index contributed by atoms with van der Waals surface area (Å²) in [4.78, 5) is 10.8. The van der Waals surface area contributed by atoms with E-state index in [1.807, 2.05) is 5.32 Å². The molecule has 0 amide bonds. The highest BCUT2D eigenvalue weighted by Gasteiger charge is 2.41. The summed E-state index contributed by atoms with van der Waals surface area (Å²) in [6.07, 6.45) is -11.0. The molecule has 0 unspecified atom stereocenters. The first kappa shape index (κ1) is 16.9. The van der Waals surface area contributed by atoms with Crippen LogP contribution in [0, 0.1) is 0 Å². The summed E-state index contributed by atoms with van der Waals surface area (Å²) in [6.45, 7) is 0. The third kappa shape index (κ3) is 4.02. The monoisotopic (exact) mass is 333 g/mol. The summed E-state index contributed by atoms with van der Waals surface area (Å²) in [6, 6.07) is 10.8. The van der Waals surface area contributed by atoms with Gasteiger partial charge in [0.25, 0.3) is 5.78 Å². The molecule has 1 N–H and O–H groups in total. The molecule has 0 saturated carbocycles. The zero-order valence-corrected chi connectivity index (χ0v) is 11.3. The van der Waals surface area contributed by atoms with Crippen molar-refractivity contribution in [1.82, 2.24) is 0 Å². The van der Waals surface area contributed by atoms with Crippen molar-refractivity contribution in [2.75, 3.05) is 5.32 Å². The number of alkyl halides is 6. The number of halogens is 6. The van der Waals surface area contributed by atoms with Crippen LogP contribution in [0.3, 0.4) is 0 Å². The van der Waals surface area contributed by atoms with Crippen molar-refractivity contribution in [3.05, 3.63) is 54.2 Å². The highest BCUT2D eigenvalue weighted by Crippen LogP contribution is 2.31. The molecule has 0 saturated heterocycles. The highest BCUT2D eigenvalue weighted by molar-refractivity contribution is 5.97. The summed E-state index contributed by atoms with van der Waals surface area (Å²) in [5, 5.41) is 2.86. The van der Waals surface area contributed by atoms with Crippen molar-refractivity contribution in [3.8, 4) is 0 Å². The van der Waals surface area contributed by atoms with Crippen LogP contribution >= 0.6 is 0 Å². The van der Waals surface area contributed by atoms with Crippen molar-refractivity contribution >= 4 is 22.2 Å². The Labute approximate surface area is 126 Å². The molecule has 0 atom stereocenters. The fraction of sp³-hybridized carbons (Fsp3) is 0.133. The predicted molar refractivity (Wildman–Crippen MR) is 72.8 cm³/mol. The van der Waals surface area contributed by atoms with Gasteiger partial charge in [-0.3, -0.25) is 4.79 Å². The smallest absolute Gasteiger partial charge is 0.351 e. The largest absolute Gasteiger partial charge is 0.454 e. The molecule has 8 heteroatoms. The standard InChI is InChI=1S/C15H9F6NO/c16-14(17,18)12(8-13(23)15(19,20)21)22-11-7-3-5-9-4-1-2-6-10(9)11/h1-8,22H/b12-8+. The van der Waals surface area contributed by atoms with Crippen LogP contribution in [0.4, 0.5) is 32.0 Å². The number of fused-ring (bicyclic) bond motifs is 1. The van der Waals surface area contributed by atoms with E-state index >= 15 is 0 Å². The molecule has 0 spiro atoms. The van der Waals surface area contributed by atoms with Gasteiger partial charge >= 0.3 is 12.4 Å². The lowest BCUT2D eigenvalue weighted by atomic mass is 10.1. The topological polar surface area (TPSA) is 29.1 Å². The molecule has 23 heavy (non-hydrogen) atoms. The van der Waals surface area contributed by atoms with E-state index in [0.717, 1.165) is 0 Å². The number of hydrogen-bond donors (Lipinski definition) is 1. The van der Waals surface area contributed by atoms with E-state index in [1.54, 1.807) is 24.3 Å². The Kier molecular flexibility index (Phi) is 4.35. The molecular formula is C15H9F6NO. The molecule has 0 aliphatic carbocycles. The van der Waals surface area contributed by atoms with E-state index in [1.165, 1.54) is 18.2 Å². The van der Waals surface area contributed by atoms with Crippen LogP contribution in [0.1, 0.15) is 0 Å². The first-order valence-corrected chi connectivity index (χ1v) is 6.24. The van der Waals surface area contributed by atoms with Crippen molar-refractivity contribution in [3.63, 3.8) is 0 Å². The molecule has 0 heterocycles. The lowest BCUT2D eigenvalue weighted by molar-refractivity contribution is -0.165. The second kappa shape index (κ2) is 5.94. The summed E-state index contributed by atoms with van der Waals surface area (Å²) >= 11 is 0. The van der Waals surface area contributed by atoms with Gasteiger partial charge in [-0.15, -0.1) is 0 Å². The quantitative estimate of drug-likeness (QED) is 0.644. The van der Waals surface area contributed by atoms with Gasteiger partial charge in [0.05, 0.1) is 0 Å². The minimum absolute atomic E-state index is 0.0540. The Balaban J connectivity index is 2.46. The zero-order valence-electron chi connectivity index (χ0n) is 11.3. The molecule has 2 aromatic carbocycles. The molecule has 0 fully saturated rings. The van der Waals surface area contributed by atoms with Gasteiger partial charge in [-0.2, -0.15) is 26.3 Å². The molecule has 0 aromatic heterocycles. The molecule has 2 nitrogen and oxygen atoms in total. The van der Waals surface area contributed by atoms with Gasteiger partial charge in [-0.1, -0.05) is 36.4 Å². The fourth-order valence-electron chi connectivity index (χ4n) is 1.88. The number of anilines is 1. The molecule has 2 aromatic rings. The van der Waals surface area contributed by atoms with Crippen molar-refractivity contribution < 1.29 is 31.1 Å². The van der Waals surface area contributed by atoms with Gasteiger partial charge in [-0.05, 0) is 11.5 Å². The lowest BCUT2D eigenvalue weighted by Gasteiger charge is -2.16. The van der Waals surface area contributed by atoms with Crippen LogP contribution in [0.25, 0.3) is 10.8 Å². The molecule has 122 valence electrons. The van der Waals surface area contributed by atoms with Crippen LogP contribution in [-0.2, 0) is 4.79 Å². The molecule has 0 bridgehead atoms. The first-order valence-electron chi connectivity index (χ1n) is 6.24. The second-order valence-electron chi connectivity index (χ2n) is 4.57. The SMILES string of the molecule is O=C(/C=C(/Nc1cccc2ccccc12)C(F)(F)F)C(F)(F)F. The van der Waals surface area contributed by atoms with Crippen LogP contribution in [-0.4, -0.2) is 18.1 Å². The number of hydrogen-bond acceptors (Lipinski definition) is 2. The average molecular weight is 333 g/mol. The zero-order chi connectivity index (χ0) is 17.3. The molecule has 0 aliphatic rings. The number of carbonyl (C=O) groups excluding carboxylic acids is 1. The highest BCUT2D eigenvalue weighted by atomic mass is 19.4. The third-order valence-electron chi connectivity index (χ3n) is 2.92. The summed E-state index contributed by atoms with van der Waals surface area (Å²) < 4.78 is 75.3. The summed E-state index contributed by atoms with van der Waals surface area (Å²) in [5.41, 5.74) is -1.84. The number of allylic oxidation sites excluding steroid dienone is 2. The Hall–Kier alpha value is -2.51. The molecular weight excluding hydrogens is 324 g/mol. The van der Waals surface area contributed by atoms with E-state index in [-0.39, 0.29) is 5.69 Å². The van der Waals surface area contributed by atoms with E-state index in [4.69, 9.17) is 0 Å². The Bertz CT molecular complexity index is 755. The number of ketones is 1. The summed E-state index contributed by atoms with van der Waals surface area (Å²) in [7, 11) is 0. The van der Waals surface area contributed by atoms with Crippen LogP contribution in [0.15, 0.2) is 54.2 Å². The number of benzene rings is 2. The van der Waals surface area contributed by atoms with Crippen LogP contribution in [0.5, 0.6) is 0 Å². The minimum Gasteiger partial charge on any atom is -0.351 e. The van der Waals surface area contributed by atoms with E-state index < -0.39 is 29.9 Å². The van der Waals surface area contributed by atoms with Crippen molar-refractivity contribution in [1.29, 1.82) is 0 Å². The Morgan fingerprint density at radius 3 is 2.09 bits per heavy atom. The van der Waals surface area contributed by atoms with Gasteiger partial charge in [0.1, 0.15) is 5.70 Å². The maximum atomic E-state index is 12.9. The van der Waals surface area contributed by atoms with Gasteiger partial charge in [-0.25, -0.2) is 0 Å². The molecule has 0 radical (unpaired) electrons. The predicted octanol–water partition coefficient (Wildman–Crippen LogP) is 4.83. The average Bonchev–Trinajstić information content (AvgIpc) is 2.44. The summed E-state index contributed by atoms with van der Waals surface area (Å²) in [5.74, 6) is -2.59. The third-order valence-corrected chi connectivity index (χ3v) is 2.92. The number of nitrogens with one attached hydrogen (secondary N) is 1. The van der Waals surface area contributed by atoms with E-state index in [9.17, 15) is 31.1 Å². The fourth-order valence-corrected chi connectivity index (χ4v) is 1.88. The molecule has 0 aliphatic heterocycles. The van der Waals surface area contributed by atoms with Crippen LogP contribution in [0.2, 0.25) is 0 Å². The minimum atomic E-state index is -5.38. The van der Waals surface area contributed by atoms with Crippen molar-refractivity contribution in [2.45, 2.75) is 12.4 Å². The van der Waals surface area contributed by atoms with E-state index in [2.05, 4.69) is 0 Å². The number of carbonyl (C=O) groups is 1. The van der Waals surface area contributed by atoms with Gasteiger partial charge in [0.15, 0.2) is 0 Å². The van der Waals surface area contributed by atoms with Gasteiger partial charge in [0.2, 0.25) is 0 Å². The first-order chi connectivity index (χ1) is 10.6. The number of rotatable bonds is 3. The Morgan fingerprint density at radius 1 is 0.870 bits per heavy atom. The maximum Gasteiger partial charge on any atom is 0.454 e. The van der Waals surface area contributed by atoms with Crippen molar-refractivity contribution in [2.24, 2.45) is 0 Å². The lowest BCUT2D eigenvalue weighted by Crippen LogP contribution is -2.26. The van der Waals surface area contributed by atoms with Gasteiger partial charge < -0.3 is 5.32 Å². The van der Waals surface area contributed by atoms with Crippen LogP contribution < -0.4 is 5.32 Å². The maximum absolute atomic E-state index is 12.9. The normalized spacial score (nSPS) is 13.2. The molecule has 2 rings (SSSR count). The second-order valence-corrected chi connectivity index (χ2v) is 4.57. The Morgan fingerprint density at radius 2 is 1.48 bits per heavy atom. The van der Waals surface area contributed by atoms with Gasteiger partial charge in [0, 0.05) is 17.1 Å².